The molecular weight excluding hydrogens is 274 g/mol. The SMILES string of the molecule is CCOc1cccc(C(=O)NC(C)C(C)c2ccccc2)c1. The van der Waals surface area contributed by atoms with Gasteiger partial charge < -0.3 is 10.1 Å². The second-order valence-corrected chi connectivity index (χ2v) is 5.42. The maximum Gasteiger partial charge on any atom is 0.251 e. The summed E-state index contributed by atoms with van der Waals surface area (Å²) in [6.45, 7) is 6.67. The number of ether oxygens (including phenoxy) is 1. The summed E-state index contributed by atoms with van der Waals surface area (Å²) in [6.07, 6.45) is 0. The van der Waals surface area contributed by atoms with Gasteiger partial charge in [-0.15, -0.1) is 0 Å². The molecule has 1 amide bonds. The quantitative estimate of drug-likeness (QED) is 0.875. The molecule has 2 aromatic carbocycles. The van der Waals surface area contributed by atoms with Crippen molar-refractivity contribution in [3.63, 3.8) is 0 Å². The molecule has 3 heteroatoms. The zero-order valence-electron chi connectivity index (χ0n) is 13.4. The zero-order chi connectivity index (χ0) is 15.9. The topological polar surface area (TPSA) is 38.3 Å². The number of nitrogens with one attached hydrogen (secondary N) is 1. The Bertz CT molecular complexity index is 610. The van der Waals surface area contributed by atoms with Gasteiger partial charge in [-0.2, -0.15) is 0 Å². The summed E-state index contributed by atoms with van der Waals surface area (Å²) in [7, 11) is 0. The van der Waals surface area contributed by atoms with Gasteiger partial charge in [-0.25, -0.2) is 0 Å². The van der Waals surface area contributed by atoms with E-state index in [1.165, 1.54) is 5.56 Å². The molecule has 0 aliphatic rings. The minimum absolute atomic E-state index is 0.0469. The lowest BCUT2D eigenvalue weighted by molar-refractivity contribution is 0.0935. The van der Waals surface area contributed by atoms with Crippen LogP contribution in [0.2, 0.25) is 0 Å². The van der Waals surface area contributed by atoms with Crippen LogP contribution in [-0.4, -0.2) is 18.6 Å². The van der Waals surface area contributed by atoms with Crippen molar-refractivity contribution in [3.8, 4) is 5.75 Å². The first-order valence-corrected chi connectivity index (χ1v) is 7.70. The minimum atomic E-state index is -0.0724. The van der Waals surface area contributed by atoms with Crippen molar-refractivity contribution >= 4 is 5.91 Å². The van der Waals surface area contributed by atoms with Crippen molar-refractivity contribution in [1.82, 2.24) is 5.32 Å². The summed E-state index contributed by atoms with van der Waals surface area (Å²) in [5, 5.41) is 3.07. The largest absolute Gasteiger partial charge is 0.494 e. The molecule has 0 radical (unpaired) electrons. The fourth-order valence-corrected chi connectivity index (χ4v) is 2.35. The lowest BCUT2D eigenvalue weighted by Crippen LogP contribution is -2.36. The molecular formula is C19H23NO2. The van der Waals surface area contributed by atoms with E-state index in [4.69, 9.17) is 4.74 Å². The minimum Gasteiger partial charge on any atom is -0.494 e. The van der Waals surface area contributed by atoms with E-state index in [-0.39, 0.29) is 17.9 Å². The monoisotopic (exact) mass is 297 g/mol. The maximum absolute atomic E-state index is 12.4. The van der Waals surface area contributed by atoms with Gasteiger partial charge in [0.25, 0.3) is 5.91 Å². The zero-order valence-corrected chi connectivity index (χ0v) is 13.4. The first-order valence-electron chi connectivity index (χ1n) is 7.70. The van der Waals surface area contributed by atoms with Crippen LogP contribution >= 0.6 is 0 Å². The molecule has 1 N–H and O–H groups in total. The number of carbonyl (C=O) groups excluding carboxylic acids is 1. The Labute approximate surface area is 132 Å². The Morgan fingerprint density at radius 2 is 1.82 bits per heavy atom. The Morgan fingerprint density at radius 3 is 2.50 bits per heavy atom. The van der Waals surface area contributed by atoms with Crippen LogP contribution in [0.25, 0.3) is 0 Å². The summed E-state index contributed by atoms with van der Waals surface area (Å²) < 4.78 is 5.44. The van der Waals surface area contributed by atoms with Gasteiger partial charge in [0.2, 0.25) is 0 Å². The number of hydrogen-bond acceptors (Lipinski definition) is 2. The van der Waals surface area contributed by atoms with Crippen molar-refractivity contribution in [3.05, 3.63) is 65.7 Å². The van der Waals surface area contributed by atoms with Gasteiger partial charge in [-0.3, -0.25) is 4.79 Å². The number of benzene rings is 2. The average Bonchev–Trinajstić information content (AvgIpc) is 2.55. The molecule has 0 saturated heterocycles. The lowest BCUT2D eigenvalue weighted by Gasteiger charge is -2.22. The maximum atomic E-state index is 12.4. The fraction of sp³-hybridized carbons (Fsp3) is 0.316. The average molecular weight is 297 g/mol. The highest BCUT2D eigenvalue weighted by Gasteiger charge is 2.17. The van der Waals surface area contributed by atoms with Crippen molar-refractivity contribution in [1.29, 1.82) is 0 Å². The number of rotatable bonds is 6. The van der Waals surface area contributed by atoms with Crippen LogP contribution in [0.1, 0.15) is 42.6 Å². The van der Waals surface area contributed by atoms with E-state index < -0.39 is 0 Å². The molecule has 2 aromatic rings. The van der Waals surface area contributed by atoms with Crippen molar-refractivity contribution in [2.24, 2.45) is 0 Å². The van der Waals surface area contributed by atoms with E-state index in [0.29, 0.717) is 12.2 Å². The highest BCUT2D eigenvalue weighted by molar-refractivity contribution is 5.94. The van der Waals surface area contributed by atoms with E-state index in [2.05, 4.69) is 24.4 Å². The lowest BCUT2D eigenvalue weighted by atomic mass is 9.94. The van der Waals surface area contributed by atoms with Gasteiger partial charge in [0.05, 0.1) is 6.61 Å². The predicted octanol–water partition coefficient (Wildman–Crippen LogP) is 4.01. The Hall–Kier alpha value is -2.29. The molecule has 0 fully saturated rings. The summed E-state index contributed by atoms with van der Waals surface area (Å²) >= 11 is 0. The van der Waals surface area contributed by atoms with Crippen molar-refractivity contribution in [2.45, 2.75) is 32.7 Å². The summed E-state index contributed by atoms with van der Waals surface area (Å²) in [5.41, 5.74) is 1.84. The van der Waals surface area contributed by atoms with E-state index in [1.54, 1.807) is 12.1 Å². The van der Waals surface area contributed by atoms with Gasteiger partial charge in [0.15, 0.2) is 0 Å². The molecule has 2 rings (SSSR count). The Balaban J connectivity index is 2.03. The van der Waals surface area contributed by atoms with E-state index in [1.807, 2.05) is 44.2 Å². The van der Waals surface area contributed by atoms with Crippen molar-refractivity contribution in [2.75, 3.05) is 6.61 Å². The second kappa shape index (κ2) is 7.64. The first kappa shape index (κ1) is 16.1. The summed E-state index contributed by atoms with van der Waals surface area (Å²) in [5.74, 6) is 0.899. The molecule has 3 nitrogen and oxygen atoms in total. The van der Waals surface area contributed by atoms with Crippen LogP contribution in [0.4, 0.5) is 0 Å². The van der Waals surface area contributed by atoms with E-state index in [9.17, 15) is 4.79 Å². The molecule has 0 aliphatic heterocycles. The van der Waals surface area contributed by atoms with Crippen LogP contribution in [0, 0.1) is 0 Å². The van der Waals surface area contributed by atoms with Crippen LogP contribution in [0.3, 0.4) is 0 Å². The standard InChI is InChI=1S/C19H23NO2/c1-4-22-18-12-8-11-17(13-18)19(21)20-15(3)14(2)16-9-6-5-7-10-16/h5-15H,4H2,1-3H3,(H,20,21). The normalized spacial score (nSPS) is 13.2. The summed E-state index contributed by atoms with van der Waals surface area (Å²) in [4.78, 5) is 12.4. The molecule has 2 unspecified atom stereocenters. The second-order valence-electron chi connectivity index (χ2n) is 5.42. The number of carbonyl (C=O) groups is 1. The Morgan fingerprint density at radius 1 is 1.09 bits per heavy atom. The smallest absolute Gasteiger partial charge is 0.251 e. The Kier molecular flexibility index (Phi) is 5.59. The summed E-state index contributed by atoms with van der Waals surface area (Å²) in [6, 6.07) is 17.5. The predicted molar refractivity (Wildman–Crippen MR) is 89.4 cm³/mol. The molecule has 22 heavy (non-hydrogen) atoms. The van der Waals surface area contributed by atoms with Crippen LogP contribution in [0.5, 0.6) is 5.75 Å². The molecule has 0 bridgehead atoms. The van der Waals surface area contributed by atoms with Crippen molar-refractivity contribution < 1.29 is 9.53 Å². The molecule has 2 atom stereocenters. The van der Waals surface area contributed by atoms with Gasteiger partial charge in [0, 0.05) is 17.5 Å². The van der Waals surface area contributed by atoms with Gasteiger partial charge in [-0.05, 0) is 37.6 Å². The van der Waals surface area contributed by atoms with Crippen LogP contribution in [-0.2, 0) is 0 Å². The third-order valence-electron chi connectivity index (χ3n) is 3.84. The molecule has 116 valence electrons. The van der Waals surface area contributed by atoms with Crippen LogP contribution < -0.4 is 10.1 Å². The molecule has 0 aromatic heterocycles. The molecule has 0 spiro atoms. The molecule has 0 saturated carbocycles. The highest BCUT2D eigenvalue weighted by Crippen LogP contribution is 2.19. The highest BCUT2D eigenvalue weighted by atomic mass is 16.5. The first-order chi connectivity index (χ1) is 10.6. The van der Waals surface area contributed by atoms with E-state index in [0.717, 1.165) is 5.75 Å². The fourth-order valence-electron chi connectivity index (χ4n) is 2.35. The number of hydrogen-bond donors (Lipinski definition) is 1. The number of amides is 1. The van der Waals surface area contributed by atoms with Crippen LogP contribution in [0.15, 0.2) is 54.6 Å². The van der Waals surface area contributed by atoms with E-state index >= 15 is 0 Å². The molecule has 0 aliphatic carbocycles. The third-order valence-corrected chi connectivity index (χ3v) is 3.84. The van der Waals surface area contributed by atoms with Gasteiger partial charge >= 0.3 is 0 Å². The van der Waals surface area contributed by atoms with Gasteiger partial charge in [0.1, 0.15) is 5.75 Å². The van der Waals surface area contributed by atoms with Gasteiger partial charge in [-0.1, -0.05) is 43.3 Å². The third kappa shape index (κ3) is 4.10. The molecule has 0 heterocycles.